The average Bonchev–Trinajstić information content (AvgIpc) is 2.98. The molecule has 0 saturated carbocycles. The lowest BCUT2D eigenvalue weighted by atomic mass is 9.87. The minimum Gasteiger partial charge on any atom is -0.379 e. The van der Waals surface area contributed by atoms with Gasteiger partial charge in [0.2, 0.25) is 0 Å². The molecule has 0 saturated heterocycles. The van der Waals surface area contributed by atoms with Crippen LogP contribution in [-0.2, 0) is 16.9 Å². The number of thioether (sulfide) groups is 1. The molecule has 0 aliphatic carbocycles. The van der Waals surface area contributed by atoms with Gasteiger partial charge in [0.1, 0.15) is 11.2 Å². The Labute approximate surface area is 143 Å². The van der Waals surface area contributed by atoms with Crippen LogP contribution < -0.4 is 11.1 Å². The lowest BCUT2D eigenvalue weighted by Gasteiger charge is -2.32. The second-order valence-corrected chi connectivity index (χ2v) is 6.80. The minimum atomic E-state index is -0.450. The van der Waals surface area contributed by atoms with E-state index in [1.807, 2.05) is 18.2 Å². The summed E-state index contributed by atoms with van der Waals surface area (Å²) in [7, 11) is 0. The van der Waals surface area contributed by atoms with E-state index in [4.69, 9.17) is 10.5 Å². The van der Waals surface area contributed by atoms with Crippen LogP contribution in [0.4, 0.5) is 5.69 Å². The number of pyridine rings is 1. The number of nitrogens with zero attached hydrogens (tertiary/aromatic N) is 2. The zero-order valence-electron chi connectivity index (χ0n) is 12.9. The zero-order valence-corrected chi connectivity index (χ0v) is 13.7. The summed E-state index contributed by atoms with van der Waals surface area (Å²) in [5.41, 5.74) is 8.67. The van der Waals surface area contributed by atoms with Crippen LogP contribution in [0.25, 0.3) is 0 Å². The van der Waals surface area contributed by atoms with Gasteiger partial charge in [-0.1, -0.05) is 23.9 Å². The Morgan fingerprint density at radius 2 is 2.25 bits per heavy atom. The van der Waals surface area contributed by atoms with Crippen molar-refractivity contribution < 1.29 is 9.53 Å². The van der Waals surface area contributed by atoms with E-state index in [-0.39, 0.29) is 5.91 Å². The fourth-order valence-electron chi connectivity index (χ4n) is 2.99. The Bertz CT molecular complexity index is 825. The Morgan fingerprint density at radius 3 is 3.00 bits per heavy atom. The molecule has 0 radical (unpaired) electrons. The van der Waals surface area contributed by atoms with E-state index in [0.717, 1.165) is 22.6 Å². The summed E-state index contributed by atoms with van der Waals surface area (Å²) in [6.07, 6.45) is 1.60. The standard InChI is InChI=1S/C17H16N4O2S/c18-16-21-17(10-24-16)9-23-8-11-4-5-12(7-13(11)17)20-15(22)14-3-1-2-6-19-14/h1-7H,8-10H2,(H2,18,21)(H,20,22). The van der Waals surface area contributed by atoms with Crippen LogP contribution in [0.1, 0.15) is 21.6 Å². The quantitative estimate of drug-likeness (QED) is 0.874. The molecule has 6 nitrogen and oxygen atoms in total. The number of amides is 1. The number of rotatable bonds is 2. The molecular weight excluding hydrogens is 324 g/mol. The number of aromatic nitrogens is 1. The maximum absolute atomic E-state index is 12.3. The van der Waals surface area contributed by atoms with Gasteiger partial charge in [-0.15, -0.1) is 0 Å². The number of amidine groups is 1. The number of carbonyl (C=O) groups excluding carboxylic acids is 1. The first-order chi connectivity index (χ1) is 11.7. The molecule has 1 amide bonds. The molecule has 4 rings (SSSR count). The van der Waals surface area contributed by atoms with Crippen LogP contribution in [-0.4, -0.2) is 28.4 Å². The number of fused-ring (bicyclic) bond motifs is 2. The molecule has 1 aromatic carbocycles. The van der Waals surface area contributed by atoms with Gasteiger partial charge in [0, 0.05) is 17.6 Å². The van der Waals surface area contributed by atoms with E-state index >= 15 is 0 Å². The van der Waals surface area contributed by atoms with Gasteiger partial charge in [0.05, 0.1) is 13.2 Å². The molecule has 1 atom stereocenters. The number of anilines is 1. The van der Waals surface area contributed by atoms with Crippen molar-refractivity contribution in [3.63, 3.8) is 0 Å². The summed E-state index contributed by atoms with van der Waals surface area (Å²) in [5.74, 6) is 0.518. The van der Waals surface area contributed by atoms with Crippen molar-refractivity contribution in [3.8, 4) is 0 Å². The largest absolute Gasteiger partial charge is 0.379 e. The number of aliphatic imine (C=N–C) groups is 1. The van der Waals surface area contributed by atoms with Crippen LogP contribution in [0, 0.1) is 0 Å². The summed E-state index contributed by atoms with van der Waals surface area (Å²) in [5, 5.41) is 3.48. The van der Waals surface area contributed by atoms with Crippen molar-refractivity contribution in [1.82, 2.24) is 4.98 Å². The molecule has 3 heterocycles. The Morgan fingerprint density at radius 1 is 1.33 bits per heavy atom. The highest BCUT2D eigenvalue weighted by molar-refractivity contribution is 8.14. The van der Waals surface area contributed by atoms with Gasteiger partial charge in [-0.3, -0.25) is 9.78 Å². The third-order valence-electron chi connectivity index (χ3n) is 4.15. The van der Waals surface area contributed by atoms with Crippen LogP contribution in [0.3, 0.4) is 0 Å². The van der Waals surface area contributed by atoms with E-state index in [2.05, 4.69) is 15.3 Å². The average molecular weight is 340 g/mol. The number of hydrogen-bond donors (Lipinski definition) is 2. The summed E-state index contributed by atoms with van der Waals surface area (Å²) >= 11 is 1.53. The number of benzene rings is 1. The fraction of sp³-hybridized carbons (Fsp3) is 0.235. The second-order valence-electron chi connectivity index (χ2n) is 5.80. The third-order valence-corrected chi connectivity index (χ3v) is 5.16. The topological polar surface area (TPSA) is 89.6 Å². The van der Waals surface area contributed by atoms with Gasteiger partial charge >= 0.3 is 0 Å². The van der Waals surface area contributed by atoms with Crippen molar-refractivity contribution in [1.29, 1.82) is 0 Å². The number of nitrogens with one attached hydrogen (secondary N) is 1. The smallest absolute Gasteiger partial charge is 0.274 e. The van der Waals surface area contributed by atoms with Crippen LogP contribution >= 0.6 is 11.8 Å². The summed E-state index contributed by atoms with van der Waals surface area (Å²) in [6.45, 7) is 1.05. The van der Waals surface area contributed by atoms with Gasteiger partial charge < -0.3 is 15.8 Å². The lowest BCUT2D eigenvalue weighted by molar-refractivity contribution is 0.0634. The number of carbonyl (C=O) groups is 1. The van der Waals surface area contributed by atoms with Gasteiger partial charge in [-0.2, -0.15) is 0 Å². The van der Waals surface area contributed by atoms with E-state index in [1.165, 1.54) is 11.8 Å². The molecule has 0 bridgehead atoms. The summed E-state index contributed by atoms with van der Waals surface area (Å²) < 4.78 is 5.70. The van der Waals surface area contributed by atoms with Crippen molar-refractivity contribution in [2.24, 2.45) is 10.7 Å². The first-order valence-electron chi connectivity index (χ1n) is 7.58. The molecule has 2 aliphatic heterocycles. The predicted molar refractivity (Wildman–Crippen MR) is 94.0 cm³/mol. The van der Waals surface area contributed by atoms with Crippen LogP contribution in [0.5, 0.6) is 0 Å². The Kier molecular flexibility index (Phi) is 3.74. The van der Waals surface area contributed by atoms with E-state index < -0.39 is 5.54 Å². The fourth-order valence-corrected chi connectivity index (χ4v) is 3.92. The highest BCUT2D eigenvalue weighted by atomic mass is 32.2. The highest BCUT2D eigenvalue weighted by Crippen LogP contribution is 2.41. The highest BCUT2D eigenvalue weighted by Gasteiger charge is 2.41. The summed E-state index contributed by atoms with van der Waals surface area (Å²) in [6, 6.07) is 11.1. The first-order valence-corrected chi connectivity index (χ1v) is 8.56. The van der Waals surface area contributed by atoms with Crippen molar-refractivity contribution >= 4 is 28.5 Å². The molecule has 1 unspecified atom stereocenters. The maximum Gasteiger partial charge on any atom is 0.274 e. The predicted octanol–water partition coefficient (Wildman–Crippen LogP) is 2.12. The van der Waals surface area contributed by atoms with Gasteiger partial charge in [-0.25, -0.2) is 4.99 Å². The molecule has 2 aliphatic rings. The molecule has 24 heavy (non-hydrogen) atoms. The van der Waals surface area contributed by atoms with Crippen molar-refractivity contribution in [2.45, 2.75) is 12.1 Å². The number of ether oxygens (including phenoxy) is 1. The zero-order chi connectivity index (χ0) is 16.6. The molecule has 0 fully saturated rings. The van der Waals surface area contributed by atoms with Crippen molar-refractivity contribution in [2.75, 3.05) is 17.7 Å². The van der Waals surface area contributed by atoms with E-state index in [0.29, 0.717) is 24.1 Å². The number of nitrogens with two attached hydrogens (primary N) is 1. The molecule has 7 heteroatoms. The molecule has 3 N–H and O–H groups in total. The van der Waals surface area contributed by atoms with Crippen LogP contribution in [0.2, 0.25) is 0 Å². The van der Waals surface area contributed by atoms with Crippen molar-refractivity contribution in [3.05, 3.63) is 59.4 Å². The van der Waals surface area contributed by atoms with E-state index in [9.17, 15) is 4.79 Å². The third kappa shape index (κ3) is 2.65. The van der Waals surface area contributed by atoms with E-state index in [1.54, 1.807) is 24.4 Å². The minimum absolute atomic E-state index is 0.236. The number of hydrogen-bond acceptors (Lipinski definition) is 6. The lowest BCUT2D eigenvalue weighted by Crippen LogP contribution is -2.35. The summed E-state index contributed by atoms with van der Waals surface area (Å²) in [4.78, 5) is 21.0. The SMILES string of the molecule is NC1=NC2(COCc3ccc(NC(=O)c4ccccn4)cc32)CS1. The second kappa shape index (κ2) is 5.92. The first kappa shape index (κ1) is 15.2. The molecule has 1 aromatic heterocycles. The molecule has 1 spiro atoms. The molecule has 2 aromatic rings. The van der Waals surface area contributed by atoms with Gasteiger partial charge in [0.15, 0.2) is 5.17 Å². The Balaban J connectivity index is 1.65. The monoisotopic (exact) mass is 340 g/mol. The molecule has 122 valence electrons. The van der Waals surface area contributed by atoms with Crippen LogP contribution in [0.15, 0.2) is 47.6 Å². The Hall–Kier alpha value is -2.38. The van der Waals surface area contributed by atoms with Gasteiger partial charge in [0.25, 0.3) is 5.91 Å². The maximum atomic E-state index is 12.3. The van der Waals surface area contributed by atoms with Gasteiger partial charge in [-0.05, 0) is 35.4 Å². The normalized spacial score (nSPS) is 22.1. The molecular formula is C17H16N4O2S.